The molecule has 1 unspecified atom stereocenters. The first-order chi connectivity index (χ1) is 14.1. The van der Waals surface area contributed by atoms with Crippen molar-refractivity contribution in [2.24, 2.45) is 0 Å². The van der Waals surface area contributed by atoms with Gasteiger partial charge in [-0.2, -0.15) is 0 Å². The Morgan fingerprint density at radius 2 is 1.52 bits per heavy atom. The number of rotatable bonds is 5. The lowest BCUT2D eigenvalue weighted by Gasteiger charge is -2.24. The van der Waals surface area contributed by atoms with Crippen LogP contribution in [0.3, 0.4) is 0 Å². The zero-order valence-electron chi connectivity index (χ0n) is 17.3. The molecule has 4 rings (SSSR count). The highest BCUT2D eigenvalue weighted by molar-refractivity contribution is 7.99. The highest BCUT2D eigenvalue weighted by Crippen LogP contribution is 2.43. The van der Waals surface area contributed by atoms with E-state index in [1.807, 2.05) is 25.9 Å². The van der Waals surface area contributed by atoms with E-state index in [1.165, 1.54) is 32.7 Å². The monoisotopic (exact) mass is 401 g/mol. The van der Waals surface area contributed by atoms with E-state index in [9.17, 15) is 0 Å². The maximum atomic E-state index is 6.02. The molecule has 0 radical (unpaired) electrons. The molecule has 29 heavy (non-hydrogen) atoms. The predicted molar refractivity (Wildman–Crippen MR) is 124 cm³/mol. The smallest absolute Gasteiger partial charge is 0.149 e. The largest absolute Gasteiger partial charge is 0.475 e. The lowest BCUT2D eigenvalue weighted by Crippen LogP contribution is -2.30. The molecule has 3 aromatic rings. The van der Waals surface area contributed by atoms with Gasteiger partial charge in [0.2, 0.25) is 0 Å². The van der Waals surface area contributed by atoms with Gasteiger partial charge in [-0.1, -0.05) is 60.7 Å². The van der Waals surface area contributed by atoms with Crippen molar-refractivity contribution in [2.45, 2.75) is 24.5 Å². The van der Waals surface area contributed by atoms with E-state index in [1.54, 1.807) is 0 Å². The third-order valence-corrected chi connectivity index (χ3v) is 6.44. The Morgan fingerprint density at radius 1 is 0.862 bits per heavy atom. The van der Waals surface area contributed by atoms with Crippen LogP contribution in [-0.2, 0) is 0 Å². The molecule has 1 aliphatic heterocycles. The summed E-state index contributed by atoms with van der Waals surface area (Å²) in [5.41, 5.74) is 6.62. The Labute approximate surface area is 178 Å². The molecule has 1 heterocycles. The van der Waals surface area contributed by atoms with Crippen molar-refractivity contribution in [1.29, 1.82) is 0 Å². The number of benzene rings is 3. The zero-order valence-corrected chi connectivity index (χ0v) is 18.1. The zero-order chi connectivity index (χ0) is 20.2. The summed E-state index contributed by atoms with van der Waals surface area (Å²) >= 11 is 1.95. The fraction of sp³-hybridized carbons (Fsp3) is 0.231. The Kier molecular flexibility index (Phi) is 6.08. The van der Waals surface area contributed by atoms with Crippen molar-refractivity contribution >= 4 is 22.9 Å². The van der Waals surface area contributed by atoms with Crippen LogP contribution in [0.25, 0.3) is 11.1 Å². The van der Waals surface area contributed by atoms with Gasteiger partial charge in [0.05, 0.1) is 0 Å². The normalized spacial score (nSPS) is 16.3. The van der Waals surface area contributed by atoms with Gasteiger partial charge in [0.15, 0.2) is 0 Å². The molecule has 1 aliphatic rings. The maximum Gasteiger partial charge on any atom is 0.149 e. The van der Waals surface area contributed by atoms with Crippen LogP contribution >= 0.6 is 11.8 Å². The molecular formula is C26H27NOS. The van der Waals surface area contributed by atoms with Crippen molar-refractivity contribution in [1.82, 2.24) is 4.90 Å². The van der Waals surface area contributed by atoms with Crippen molar-refractivity contribution < 1.29 is 4.74 Å². The van der Waals surface area contributed by atoms with E-state index >= 15 is 0 Å². The minimum atomic E-state index is 0.0371. The van der Waals surface area contributed by atoms with Crippen LogP contribution in [0.4, 0.5) is 0 Å². The van der Waals surface area contributed by atoms with Gasteiger partial charge < -0.3 is 4.74 Å². The fourth-order valence-corrected chi connectivity index (χ4v) is 4.67. The van der Waals surface area contributed by atoms with Gasteiger partial charge in [0, 0.05) is 10.6 Å². The van der Waals surface area contributed by atoms with Gasteiger partial charge in [-0.15, -0.1) is 11.8 Å². The second kappa shape index (κ2) is 8.89. The van der Waals surface area contributed by atoms with Crippen LogP contribution in [-0.4, -0.2) is 31.0 Å². The summed E-state index contributed by atoms with van der Waals surface area (Å²) in [4.78, 5) is 3.43. The van der Waals surface area contributed by atoms with Crippen LogP contribution in [0.15, 0.2) is 83.8 Å². The SMILES string of the molecule is CC(Oc1ccc(C(=C2CCSc3ccccc32)c2ccccc2)cc1)N(C)C. The molecule has 0 spiro atoms. The number of fused-ring (bicyclic) bond motifs is 1. The standard InChI is InChI=1S/C26H27NOS/c1-19(27(2)3)28-22-15-13-21(14-16-22)26(20-9-5-4-6-10-20)24-17-18-29-25-12-8-7-11-23(24)25/h4-16,19H,17-18H2,1-3H3. The molecule has 2 nitrogen and oxygen atoms in total. The first-order valence-electron chi connectivity index (χ1n) is 10.1. The van der Waals surface area contributed by atoms with Gasteiger partial charge in [-0.3, -0.25) is 4.90 Å². The first-order valence-corrected chi connectivity index (χ1v) is 11.1. The van der Waals surface area contributed by atoms with E-state index in [4.69, 9.17) is 4.74 Å². The van der Waals surface area contributed by atoms with Crippen LogP contribution in [0.5, 0.6) is 5.75 Å². The first kappa shape index (κ1) is 19.8. The number of hydrogen-bond donors (Lipinski definition) is 0. The summed E-state index contributed by atoms with van der Waals surface area (Å²) in [6.45, 7) is 2.06. The third-order valence-electron chi connectivity index (χ3n) is 5.36. The van der Waals surface area contributed by atoms with Gasteiger partial charge in [0.1, 0.15) is 12.0 Å². The molecule has 0 amide bonds. The maximum absolute atomic E-state index is 6.02. The van der Waals surface area contributed by atoms with Gasteiger partial charge in [-0.05, 0) is 73.5 Å². The van der Waals surface area contributed by atoms with Gasteiger partial charge >= 0.3 is 0 Å². The molecule has 0 aliphatic carbocycles. The highest BCUT2D eigenvalue weighted by atomic mass is 32.2. The molecule has 0 bridgehead atoms. The van der Waals surface area contributed by atoms with Crippen molar-refractivity contribution in [3.05, 3.63) is 95.6 Å². The average Bonchev–Trinajstić information content (AvgIpc) is 2.76. The highest BCUT2D eigenvalue weighted by Gasteiger charge is 2.20. The van der Waals surface area contributed by atoms with E-state index in [-0.39, 0.29) is 6.23 Å². The molecule has 3 aromatic carbocycles. The molecule has 0 N–H and O–H groups in total. The minimum absolute atomic E-state index is 0.0371. The van der Waals surface area contributed by atoms with Gasteiger partial charge in [0.25, 0.3) is 0 Å². The lowest BCUT2D eigenvalue weighted by molar-refractivity contribution is 0.0815. The number of nitrogens with zero attached hydrogens (tertiary/aromatic N) is 1. The molecule has 0 aromatic heterocycles. The number of hydrogen-bond acceptors (Lipinski definition) is 3. The second-order valence-electron chi connectivity index (χ2n) is 7.52. The Balaban J connectivity index is 1.80. The fourth-order valence-electron chi connectivity index (χ4n) is 3.62. The number of thioether (sulfide) groups is 1. The summed E-state index contributed by atoms with van der Waals surface area (Å²) in [5, 5.41) is 0. The summed E-state index contributed by atoms with van der Waals surface area (Å²) in [6, 6.07) is 28.1. The van der Waals surface area contributed by atoms with Crippen molar-refractivity contribution in [3.8, 4) is 5.75 Å². The molecule has 3 heteroatoms. The molecule has 0 fully saturated rings. The Hall–Kier alpha value is -2.49. The number of ether oxygens (including phenoxy) is 1. The molecule has 148 valence electrons. The van der Waals surface area contributed by atoms with E-state index in [2.05, 4.69) is 90.7 Å². The Morgan fingerprint density at radius 3 is 2.24 bits per heavy atom. The van der Waals surface area contributed by atoms with Crippen molar-refractivity contribution in [2.75, 3.05) is 19.8 Å². The van der Waals surface area contributed by atoms with Crippen molar-refractivity contribution in [3.63, 3.8) is 0 Å². The quantitative estimate of drug-likeness (QED) is 0.457. The summed E-state index contributed by atoms with van der Waals surface area (Å²) < 4.78 is 6.02. The van der Waals surface area contributed by atoms with Gasteiger partial charge in [-0.25, -0.2) is 0 Å². The molecule has 0 saturated carbocycles. The predicted octanol–water partition coefficient (Wildman–Crippen LogP) is 6.43. The van der Waals surface area contributed by atoms with E-state index in [0.717, 1.165) is 17.9 Å². The van der Waals surface area contributed by atoms with Crippen LogP contribution in [0, 0.1) is 0 Å². The summed E-state index contributed by atoms with van der Waals surface area (Å²) in [7, 11) is 4.05. The summed E-state index contributed by atoms with van der Waals surface area (Å²) in [6.07, 6.45) is 1.11. The molecule has 0 saturated heterocycles. The molecule has 1 atom stereocenters. The topological polar surface area (TPSA) is 12.5 Å². The van der Waals surface area contributed by atoms with Crippen LogP contribution in [0.1, 0.15) is 30.0 Å². The minimum Gasteiger partial charge on any atom is -0.475 e. The second-order valence-corrected chi connectivity index (χ2v) is 8.66. The van der Waals surface area contributed by atoms with E-state index < -0.39 is 0 Å². The van der Waals surface area contributed by atoms with Crippen LogP contribution < -0.4 is 4.74 Å². The Bertz CT molecular complexity index is 993. The molecular weight excluding hydrogens is 374 g/mol. The van der Waals surface area contributed by atoms with Crippen LogP contribution in [0.2, 0.25) is 0 Å². The summed E-state index contributed by atoms with van der Waals surface area (Å²) in [5.74, 6) is 2.01. The third kappa shape index (κ3) is 4.42. The number of allylic oxidation sites excluding steroid dienone is 1. The van der Waals surface area contributed by atoms with E-state index in [0.29, 0.717) is 0 Å². The average molecular weight is 402 g/mol. The lowest BCUT2D eigenvalue weighted by atomic mass is 9.88.